The lowest BCUT2D eigenvalue weighted by Crippen LogP contribution is -2.40. The van der Waals surface area contributed by atoms with Crippen LogP contribution in [0.2, 0.25) is 5.02 Å². The van der Waals surface area contributed by atoms with E-state index in [9.17, 15) is 9.59 Å². The number of morpholine rings is 1. The maximum Gasteiger partial charge on any atom is 0.256 e. The number of nitrogens with zero attached hydrogens (tertiary/aromatic N) is 2. The van der Waals surface area contributed by atoms with E-state index in [1.165, 1.54) is 11.5 Å². The van der Waals surface area contributed by atoms with Crippen LogP contribution in [0.25, 0.3) is 10.9 Å². The number of carbonyl (C=O) groups is 2. The van der Waals surface area contributed by atoms with Gasteiger partial charge in [0.15, 0.2) is 0 Å². The molecule has 0 unspecified atom stereocenters. The van der Waals surface area contributed by atoms with Crippen LogP contribution >= 0.6 is 11.6 Å². The fourth-order valence-electron chi connectivity index (χ4n) is 2.57. The van der Waals surface area contributed by atoms with Gasteiger partial charge in [0.25, 0.3) is 5.91 Å². The Morgan fingerprint density at radius 2 is 1.95 bits per heavy atom. The van der Waals surface area contributed by atoms with Crippen molar-refractivity contribution in [2.45, 2.75) is 6.92 Å². The van der Waals surface area contributed by atoms with Crippen molar-refractivity contribution in [3.05, 3.63) is 35.0 Å². The average Bonchev–Trinajstić information content (AvgIpc) is 2.86. The summed E-state index contributed by atoms with van der Waals surface area (Å²) >= 11 is 6.00. The maximum atomic E-state index is 12.6. The predicted octanol–water partition coefficient (Wildman–Crippen LogP) is 2.43. The summed E-state index contributed by atoms with van der Waals surface area (Å²) in [6.07, 6.45) is 1.60. The lowest BCUT2D eigenvalue weighted by molar-refractivity contribution is 0.0304. The van der Waals surface area contributed by atoms with Gasteiger partial charge >= 0.3 is 0 Å². The Kier molecular flexibility index (Phi) is 3.69. The number of fused-ring (bicyclic) bond motifs is 1. The third-order valence-corrected chi connectivity index (χ3v) is 3.87. The van der Waals surface area contributed by atoms with Crippen molar-refractivity contribution in [1.82, 2.24) is 9.47 Å². The molecular formula is C15H15ClN2O3. The van der Waals surface area contributed by atoms with Crippen LogP contribution in [0.5, 0.6) is 0 Å². The summed E-state index contributed by atoms with van der Waals surface area (Å²) in [4.78, 5) is 26.2. The number of aromatic nitrogens is 1. The van der Waals surface area contributed by atoms with E-state index in [1.54, 1.807) is 29.3 Å². The number of ether oxygens (including phenoxy) is 1. The topological polar surface area (TPSA) is 51.5 Å². The third-order valence-electron chi connectivity index (χ3n) is 3.64. The van der Waals surface area contributed by atoms with Gasteiger partial charge in [0.2, 0.25) is 5.91 Å². The van der Waals surface area contributed by atoms with Crippen molar-refractivity contribution < 1.29 is 14.3 Å². The van der Waals surface area contributed by atoms with Crippen LogP contribution in [-0.2, 0) is 4.74 Å². The van der Waals surface area contributed by atoms with Crippen molar-refractivity contribution in [3.63, 3.8) is 0 Å². The zero-order valence-corrected chi connectivity index (χ0v) is 12.4. The van der Waals surface area contributed by atoms with E-state index >= 15 is 0 Å². The van der Waals surface area contributed by atoms with E-state index in [0.29, 0.717) is 42.4 Å². The van der Waals surface area contributed by atoms with Crippen LogP contribution in [-0.4, -0.2) is 47.6 Å². The number of carbonyl (C=O) groups excluding carboxylic acids is 2. The molecule has 0 radical (unpaired) electrons. The molecule has 0 saturated carbocycles. The van der Waals surface area contributed by atoms with E-state index in [-0.39, 0.29) is 11.8 Å². The Bertz CT molecular complexity index is 717. The molecule has 2 heterocycles. The van der Waals surface area contributed by atoms with Gasteiger partial charge in [-0.15, -0.1) is 0 Å². The Morgan fingerprint density at radius 3 is 2.62 bits per heavy atom. The molecule has 0 aliphatic carbocycles. The highest BCUT2D eigenvalue weighted by Crippen LogP contribution is 2.26. The molecule has 1 aliphatic rings. The largest absolute Gasteiger partial charge is 0.378 e. The number of hydrogen-bond acceptors (Lipinski definition) is 3. The normalized spacial score (nSPS) is 15.4. The van der Waals surface area contributed by atoms with Gasteiger partial charge in [0.05, 0.1) is 24.3 Å². The van der Waals surface area contributed by atoms with Crippen LogP contribution in [0, 0.1) is 0 Å². The van der Waals surface area contributed by atoms with Crippen molar-refractivity contribution in [1.29, 1.82) is 0 Å². The minimum atomic E-state index is -0.150. The SMILES string of the molecule is CC(=O)n1cc(C(=O)N2CCOCC2)c2ccc(Cl)cc21. The summed E-state index contributed by atoms with van der Waals surface area (Å²) < 4.78 is 6.73. The molecule has 1 aromatic heterocycles. The standard InChI is InChI=1S/C15H15ClN2O3/c1-10(19)18-9-13(12-3-2-11(16)8-14(12)18)15(20)17-4-6-21-7-5-17/h2-3,8-9H,4-7H2,1H3. The molecule has 0 spiro atoms. The summed E-state index contributed by atoms with van der Waals surface area (Å²) in [6, 6.07) is 5.21. The molecular weight excluding hydrogens is 292 g/mol. The molecule has 6 heteroatoms. The Balaban J connectivity index is 2.09. The van der Waals surface area contributed by atoms with E-state index in [1.807, 2.05) is 0 Å². The number of benzene rings is 1. The second kappa shape index (κ2) is 5.50. The lowest BCUT2D eigenvalue weighted by Gasteiger charge is -2.26. The minimum absolute atomic E-state index is 0.0781. The number of halogens is 1. The van der Waals surface area contributed by atoms with E-state index in [4.69, 9.17) is 16.3 Å². The van der Waals surface area contributed by atoms with Gasteiger partial charge in [-0.2, -0.15) is 0 Å². The number of amides is 1. The monoisotopic (exact) mass is 306 g/mol. The minimum Gasteiger partial charge on any atom is -0.378 e. The molecule has 1 saturated heterocycles. The zero-order chi connectivity index (χ0) is 15.0. The van der Waals surface area contributed by atoms with E-state index in [0.717, 1.165) is 5.39 Å². The molecule has 21 heavy (non-hydrogen) atoms. The van der Waals surface area contributed by atoms with Crippen LogP contribution in [0.3, 0.4) is 0 Å². The summed E-state index contributed by atoms with van der Waals surface area (Å²) in [6.45, 7) is 3.69. The molecule has 0 N–H and O–H groups in total. The molecule has 0 atom stereocenters. The molecule has 1 amide bonds. The molecule has 0 bridgehead atoms. The van der Waals surface area contributed by atoms with Crippen LogP contribution in [0.1, 0.15) is 22.1 Å². The zero-order valence-electron chi connectivity index (χ0n) is 11.6. The molecule has 5 nitrogen and oxygen atoms in total. The van der Waals surface area contributed by atoms with Crippen LogP contribution in [0.15, 0.2) is 24.4 Å². The second-order valence-corrected chi connectivity index (χ2v) is 5.43. The molecule has 2 aromatic rings. The summed E-state index contributed by atoms with van der Waals surface area (Å²) in [5.74, 6) is -0.228. The molecule has 110 valence electrons. The third kappa shape index (κ3) is 2.54. The van der Waals surface area contributed by atoms with Gasteiger partial charge in [0, 0.05) is 36.6 Å². The highest BCUT2D eigenvalue weighted by molar-refractivity contribution is 6.31. The Morgan fingerprint density at radius 1 is 1.24 bits per heavy atom. The predicted molar refractivity (Wildman–Crippen MR) is 80.0 cm³/mol. The first-order valence-corrected chi connectivity index (χ1v) is 7.14. The highest BCUT2D eigenvalue weighted by Gasteiger charge is 2.23. The van der Waals surface area contributed by atoms with Crippen molar-refractivity contribution in [2.75, 3.05) is 26.3 Å². The molecule has 1 aromatic carbocycles. The van der Waals surface area contributed by atoms with Gasteiger partial charge in [-0.05, 0) is 12.1 Å². The number of hydrogen-bond donors (Lipinski definition) is 0. The summed E-state index contributed by atoms with van der Waals surface area (Å²) in [5, 5.41) is 1.28. The van der Waals surface area contributed by atoms with Gasteiger partial charge in [-0.3, -0.25) is 14.2 Å². The Hall–Kier alpha value is -1.85. The smallest absolute Gasteiger partial charge is 0.256 e. The maximum absolute atomic E-state index is 12.6. The van der Waals surface area contributed by atoms with Crippen LogP contribution < -0.4 is 0 Å². The second-order valence-electron chi connectivity index (χ2n) is 5.00. The molecule has 1 fully saturated rings. The van der Waals surface area contributed by atoms with Gasteiger partial charge in [-0.1, -0.05) is 17.7 Å². The van der Waals surface area contributed by atoms with Gasteiger partial charge < -0.3 is 9.64 Å². The average molecular weight is 307 g/mol. The number of rotatable bonds is 1. The summed E-state index contributed by atoms with van der Waals surface area (Å²) in [7, 11) is 0. The van der Waals surface area contributed by atoms with Crippen molar-refractivity contribution in [3.8, 4) is 0 Å². The first-order chi connectivity index (χ1) is 10.1. The van der Waals surface area contributed by atoms with Gasteiger partial charge in [0.1, 0.15) is 0 Å². The van der Waals surface area contributed by atoms with E-state index < -0.39 is 0 Å². The van der Waals surface area contributed by atoms with Gasteiger partial charge in [-0.25, -0.2) is 0 Å². The molecule has 3 rings (SSSR count). The fourth-order valence-corrected chi connectivity index (χ4v) is 2.73. The van der Waals surface area contributed by atoms with Crippen molar-refractivity contribution in [2.24, 2.45) is 0 Å². The van der Waals surface area contributed by atoms with Crippen LogP contribution in [0.4, 0.5) is 0 Å². The molecule has 1 aliphatic heterocycles. The fraction of sp³-hybridized carbons (Fsp3) is 0.333. The lowest BCUT2D eigenvalue weighted by atomic mass is 10.1. The highest BCUT2D eigenvalue weighted by atomic mass is 35.5. The first-order valence-electron chi connectivity index (χ1n) is 6.76. The Labute approximate surface area is 127 Å². The summed E-state index contributed by atoms with van der Waals surface area (Å²) in [5.41, 5.74) is 1.19. The van der Waals surface area contributed by atoms with Crippen molar-refractivity contribution >= 4 is 34.3 Å². The van der Waals surface area contributed by atoms with E-state index in [2.05, 4.69) is 0 Å². The first kappa shape index (κ1) is 14.1. The quantitative estimate of drug-likeness (QED) is 0.813.